The van der Waals surface area contributed by atoms with Crippen LogP contribution in [0.1, 0.15) is 11.1 Å². The average molecular weight is 302 g/mol. The van der Waals surface area contributed by atoms with E-state index < -0.39 is 34.9 Å². The Morgan fingerprint density at radius 2 is 1.10 bits per heavy atom. The summed E-state index contributed by atoms with van der Waals surface area (Å²) in [5.41, 5.74) is 0.195. The summed E-state index contributed by atoms with van der Waals surface area (Å²) in [7, 11) is 0. The van der Waals surface area contributed by atoms with Crippen molar-refractivity contribution in [1.82, 2.24) is 0 Å². The van der Waals surface area contributed by atoms with Gasteiger partial charge in [-0.2, -0.15) is 0 Å². The third-order valence-corrected chi connectivity index (χ3v) is 2.71. The first-order valence-electron chi connectivity index (χ1n) is 5.83. The van der Waals surface area contributed by atoms with Crippen LogP contribution < -0.4 is 0 Å². The number of allylic oxidation sites excluding steroid dienone is 1. The second-order valence-electron chi connectivity index (χ2n) is 4.28. The van der Waals surface area contributed by atoms with Crippen molar-refractivity contribution in [2.45, 2.75) is 6.42 Å². The smallest absolute Gasteiger partial charge is 0.194 e. The minimum Gasteiger partial charge on any atom is -0.204 e. The third kappa shape index (κ3) is 3.45. The van der Waals surface area contributed by atoms with Crippen LogP contribution in [0.5, 0.6) is 0 Å². The van der Waals surface area contributed by atoms with Crippen molar-refractivity contribution in [3.8, 4) is 0 Å². The predicted molar refractivity (Wildman–Crippen MR) is 65.4 cm³/mol. The van der Waals surface area contributed by atoms with E-state index in [1.54, 1.807) is 0 Å². The van der Waals surface area contributed by atoms with Gasteiger partial charge in [-0.15, -0.1) is 0 Å². The fourth-order valence-electron chi connectivity index (χ4n) is 1.73. The molecule has 0 bridgehead atoms. The molecule has 0 amide bonds. The van der Waals surface area contributed by atoms with Gasteiger partial charge in [0.2, 0.25) is 0 Å². The molecule has 0 fully saturated rings. The fraction of sp³-hybridized carbons (Fsp3) is 0.0667. The van der Waals surface area contributed by atoms with Crippen molar-refractivity contribution < 1.29 is 26.3 Å². The maximum atomic E-state index is 13.0. The van der Waals surface area contributed by atoms with Crippen molar-refractivity contribution in [3.05, 3.63) is 76.4 Å². The van der Waals surface area contributed by atoms with E-state index in [1.165, 1.54) is 12.2 Å². The fourth-order valence-corrected chi connectivity index (χ4v) is 1.73. The lowest BCUT2D eigenvalue weighted by molar-refractivity contribution is 0.445. The Hall–Kier alpha value is -2.24. The molecule has 0 atom stereocenters. The third-order valence-electron chi connectivity index (χ3n) is 2.71. The van der Waals surface area contributed by atoms with Gasteiger partial charge in [0.1, 0.15) is 0 Å². The molecule has 0 spiro atoms. The zero-order valence-electron chi connectivity index (χ0n) is 10.4. The Morgan fingerprint density at radius 1 is 0.667 bits per heavy atom. The molecule has 2 aromatic carbocycles. The van der Waals surface area contributed by atoms with Gasteiger partial charge in [-0.3, -0.25) is 0 Å². The molecule has 0 saturated heterocycles. The molecule has 0 aromatic heterocycles. The normalized spacial score (nSPS) is 11.3. The topological polar surface area (TPSA) is 0 Å². The van der Waals surface area contributed by atoms with E-state index in [0.717, 1.165) is 24.3 Å². The summed E-state index contributed by atoms with van der Waals surface area (Å²) in [4.78, 5) is 0. The highest BCUT2D eigenvalue weighted by molar-refractivity contribution is 5.50. The second-order valence-corrected chi connectivity index (χ2v) is 4.28. The molecule has 0 saturated carbocycles. The number of rotatable bonds is 3. The van der Waals surface area contributed by atoms with Crippen LogP contribution in [0, 0.1) is 34.9 Å². The number of halogens is 6. The van der Waals surface area contributed by atoms with Crippen LogP contribution >= 0.6 is 0 Å². The van der Waals surface area contributed by atoms with Crippen LogP contribution in [0.2, 0.25) is 0 Å². The lowest BCUT2D eigenvalue weighted by Gasteiger charge is -2.01. The molecule has 0 aliphatic rings. The molecule has 0 unspecified atom stereocenters. The first kappa shape index (κ1) is 15.2. The molecule has 0 aliphatic carbocycles. The molecule has 0 radical (unpaired) electrons. The van der Waals surface area contributed by atoms with E-state index in [9.17, 15) is 26.3 Å². The van der Waals surface area contributed by atoms with Gasteiger partial charge in [0.15, 0.2) is 34.9 Å². The Kier molecular flexibility index (Phi) is 4.35. The van der Waals surface area contributed by atoms with Gasteiger partial charge in [-0.25, -0.2) is 26.3 Å². The summed E-state index contributed by atoms with van der Waals surface area (Å²) in [6, 6.07) is 3.19. The maximum absolute atomic E-state index is 13.0. The summed E-state index contributed by atoms with van der Waals surface area (Å²) in [6.07, 6.45) is 2.62. The first-order valence-corrected chi connectivity index (χ1v) is 5.83. The van der Waals surface area contributed by atoms with Gasteiger partial charge >= 0.3 is 0 Å². The van der Waals surface area contributed by atoms with E-state index in [2.05, 4.69) is 0 Å². The van der Waals surface area contributed by atoms with Crippen LogP contribution in [-0.4, -0.2) is 0 Å². The van der Waals surface area contributed by atoms with E-state index >= 15 is 0 Å². The molecular formula is C15H8F6. The van der Waals surface area contributed by atoms with Crippen LogP contribution in [0.15, 0.2) is 30.3 Å². The molecule has 2 rings (SSSR count). The van der Waals surface area contributed by atoms with Gasteiger partial charge in [0, 0.05) is 0 Å². The summed E-state index contributed by atoms with van der Waals surface area (Å²) in [5.74, 6) is -8.46. The molecule has 0 aliphatic heterocycles. The van der Waals surface area contributed by atoms with Crippen LogP contribution in [0.4, 0.5) is 26.3 Å². The first-order chi connectivity index (χ1) is 9.88. The minimum absolute atomic E-state index is 0.00867. The summed E-state index contributed by atoms with van der Waals surface area (Å²) >= 11 is 0. The average Bonchev–Trinajstić information content (AvgIpc) is 2.42. The molecule has 21 heavy (non-hydrogen) atoms. The lowest BCUT2D eigenvalue weighted by Crippen LogP contribution is -1.94. The van der Waals surface area contributed by atoms with Crippen molar-refractivity contribution >= 4 is 6.08 Å². The summed E-state index contributed by atoms with van der Waals surface area (Å²) in [6.45, 7) is 0. The van der Waals surface area contributed by atoms with Crippen LogP contribution in [0.3, 0.4) is 0 Å². The zero-order chi connectivity index (χ0) is 15.6. The molecule has 0 nitrogen and oxygen atoms in total. The van der Waals surface area contributed by atoms with Gasteiger partial charge in [0.25, 0.3) is 0 Å². The molecule has 0 N–H and O–H groups in total. The van der Waals surface area contributed by atoms with Gasteiger partial charge in [-0.05, 0) is 41.8 Å². The van der Waals surface area contributed by atoms with E-state index in [0.29, 0.717) is 0 Å². The Labute approximate surface area is 116 Å². The van der Waals surface area contributed by atoms with Gasteiger partial charge in [0.05, 0.1) is 0 Å². The van der Waals surface area contributed by atoms with Crippen molar-refractivity contribution in [2.75, 3.05) is 0 Å². The van der Waals surface area contributed by atoms with Gasteiger partial charge in [-0.1, -0.05) is 12.2 Å². The predicted octanol–water partition coefficient (Wildman–Crippen LogP) is 4.78. The monoisotopic (exact) mass is 302 g/mol. The maximum Gasteiger partial charge on any atom is 0.194 e. The highest BCUT2D eigenvalue weighted by atomic mass is 19.2. The lowest BCUT2D eigenvalue weighted by atomic mass is 10.1. The summed E-state index contributed by atoms with van der Waals surface area (Å²) in [5, 5.41) is 0. The van der Waals surface area contributed by atoms with E-state index in [4.69, 9.17) is 0 Å². The van der Waals surface area contributed by atoms with Crippen molar-refractivity contribution in [3.63, 3.8) is 0 Å². The van der Waals surface area contributed by atoms with Crippen LogP contribution in [0.25, 0.3) is 6.08 Å². The standard InChI is InChI=1S/C15H8F6/c16-10-4-8(5-11(17)14(10)20)2-1-3-9-6-12(18)15(21)13(19)7-9/h1-2,4-7H,3H2/b2-1+. The quantitative estimate of drug-likeness (QED) is 0.565. The Morgan fingerprint density at radius 3 is 1.57 bits per heavy atom. The molecule has 0 heterocycles. The molecule has 2 aromatic rings. The van der Waals surface area contributed by atoms with Gasteiger partial charge < -0.3 is 0 Å². The van der Waals surface area contributed by atoms with E-state index in [1.807, 2.05) is 0 Å². The molecule has 6 heteroatoms. The zero-order valence-corrected chi connectivity index (χ0v) is 10.4. The van der Waals surface area contributed by atoms with Crippen molar-refractivity contribution in [2.24, 2.45) is 0 Å². The SMILES string of the molecule is Fc1cc(/C=C/Cc2cc(F)c(F)c(F)c2)cc(F)c1F. The largest absolute Gasteiger partial charge is 0.204 e. The highest BCUT2D eigenvalue weighted by Gasteiger charge is 2.10. The van der Waals surface area contributed by atoms with Crippen LogP contribution in [-0.2, 0) is 6.42 Å². The molecule has 110 valence electrons. The highest BCUT2D eigenvalue weighted by Crippen LogP contribution is 2.17. The number of benzene rings is 2. The van der Waals surface area contributed by atoms with E-state index in [-0.39, 0.29) is 17.5 Å². The minimum atomic E-state index is -1.57. The Bertz CT molecular complexity index is 659. The van der Waals surface area contributed by atoms with Crippen molar-refractivity contribution in [1.29, 1.82) is 0 Å². The number of hydrogen-bond donors (Lipinski definition) is 0. The second kappa shape index (κ2) is 6.03. The molecular weight excluding hydrogens is 294 g/mol. The number of hydrogen-bond acceptors (Lipinski definition) is 0. The summed E-state index contributed by atoms with van der Waals surface area (Å²) < 4.78 is 77.3. The Balaban J connectivity index is 2.16.